The first-order valence-electron chi connectivity index (χ1n) is 14.1. The topological polar surface area (TPSA) is 86.8 Å². The van der Waals surface area contributed by atoms with Gasteiger partial charge in [0, 0.05) is 32.5 Å². The average molecular weight is 618 g/mol. The fourth-order valence-corrected chi connectivity index (χ4v) is 5.56. The van der Waals surface area contributed by atoms with Gasteiger partial charge in [-0.25, -0.2) is 8.42 Å². The van der Waals surface area contributed by atoms with E-state index < -0.39 is 27.8 Å². The van der Waals surface area contributed by atoms with Crippen LogP contribution in [0.25, 0.3) is 0 Å². The Balaban J connectivity index is 1.87. The Bertz CT molecular complexity index is 1450. The maximum absolute atomic E-state index is 13.8. The molecule has 0 bridgehead atoms. The number of nitrogens with one attached hydrogen (secondary N) is 1. The van der Waals surface area contributed by atoms with E-state index in [0.717, 1.165) is 39.9 Å². The summed E-state index contributed by atoms with van der Waals surface area (Å²) in [4.78, 5) is 28.8. The van der Waals surface area contributed by atoms with Gasteiger partial charge in [0.2, 0.25) is 21.8 Å². The van der Waals surface area contributed by atoms with Crippen molar-refractivity contribution in [3.63, 3.8) is 0 Å². The molecular formula is C32H38F3N3O4S. The third kappa shape index (κ3) is 10.4. The summed E-state index contributed by atoms with van der Waals surface area (Å²) in [6, 6.07) is 21.8. The summed E-state index contributed by atoms with van der Waals surface area (Å²) in [5.41, 5.74) is 0.569. The monoisotopic (exact) mass is 617 g/mol. The van der Waals surface area contributed by atoms with Crippen LogP contribution in [0.1, 0.15) is 43.4 Å². The second kappa shape index (κ2) is 15.0. The molecule has 0 fully saturated rings. The number of alkyl halides is 3. The lowest BCUT2D eigenvalue weighted by molar-refractivity contribution is -0.141. The van der Waals surface area contributed by atoms with E-state index in [1.54, 1.807) is 0 Å². The third-order valence-corrected chi connectivity index (χ3v) is 7.96. The van der Waals surface area contributed by atoms with Gasteiger partial charge in [-0.15, -0.1) is 0 Å². The van der Waals surface area contributed by atoms with Crippen molar-refractivity contribution in [1.29, 1.82) is 0 Å². The Kier molecular flexibility index (Phi) is 11.8. The van der Waals surface area contributed by atoms with Crippen LogP contribution in [0, 0.1) is 5.92 Å². The molecule has 0 aromatic heterocycles. The molecule has 3 aromatic carbocycles. The van der Waals surface area contributed by atoms with Crippen LogP contribution < -0.4 is 9.62 Å². The van der Waals surface area contributed by atoms with Crippen molar-refractivity contribution >= 4 is 27.5 Å². The van der Waals surface area contributed by atoms with Crippen LogP contribution in [-0.2, 0) is 38.8 Å². The summed E-state index contributed by atoms with van der Waals surface area (Å²) in [6.07, 6.45) is -3.56. The van der Waals surface area contributed by atoms with Crippen molar-refractivity contribution < 1.29 is 31.2 Å². The lowest BCUT2D eigenvalue weighted by atomic mass is 10.0. The minimum Gasteiger partial charge on any atom is -0.354 e. The number of nitrogens with zero attached hydrogens (tertiary/aromatic N) is 2. The number of hydrogen-bond donors (Lipinski definition) is 1. The van der Waals surface area contributed by atoms with Crippen molar-refractivity contribution in [2.24, 2.45) is 5.92 Å². The summed E-state index contributed by atoms with van der Waals surface area (Å²) in [5.74, 6) is -0.483. The van der Waals surface area contributed by atoms with E-state index >= 15 is 0 Å². The van der Waals surface area contributed by atoms with Gasteiger partial charge >= 0.3 is 6.18 Å². The van der Waals surface area contributed by atoms with E-state index in [0.29, 0.717) is 6.54 Å². The zero-order valence-corrected chi connectivity index (χ0v) is 25.4. The summed E-state index contributed by atoms with van der Waals surface area (Å²) in [5, 5.41) is 2.94. The van der Waals surface area contributed by atoms with Gasteiger partial charge in [0.05, 0.1) is 17.5 Å². The highest BCUT2D eigenvalue weighted by Crippen LogP contribution is 2.32. The van der Waals surface area contributed by atoms with Gasteiger partial charge < -0.3 is 10.2 Å². The van der Waals surface area contributed by atoms with Crippen LogP contribution in [0.3, 0.4) is 0 Å². The Morgan fingerprint density at radius 3 is 2.05 bits per heavy atom. The molecule has 2 amide bonds. The van der Waals surface area contributed by atoms with Crippen molar-refractivity contribution in [1.82, 2.24) is 10.2 Å². The highest BCUT2D eigenvalue weighted by Gasteiger charge is 2.32. The van der Waals surface area contributed by atoms with Crippen LogP contribution in [0.15, 0.2) is 84.9 Å². The highest BCUT2D eigenvalue weighted by molar-refractivity contribution is 7.92. The van der Waals surface area contributed by atoms with E-state index in [-0.39, 0.29) is 55.8 Å². The first-order valence-corrected chi connectivity index (χ1v) is 15.9. The molecule has 0 saturated heterocycles. The van der Waals surface area contributed by atoms with Crippen LogP contribution in [-0.4, -0.2) is 50.5 Å². The van der Waals surface area contributed by atoms with E-state index in [1.807, 2.05) is 74.5 Å². The first-order chi connectivity index (χ1) is 20.3. The molecule has 1 unspecified atom stereocenters. The Hall–Kier alpha value is -3.86. The van der Waals surface area contributed by atoms with Crippen molar-refractivity contribution in [3.05, 3.63) is 102 Å². The van der Waals surface area contributed by atoms with Crippen molar-refractivity contribution in [3.8, 4) is 0 Å². The molecule has 232 valence electrons. The summed E-state index contributed by atoms with van der Waals surface area (Å²) >= 11 is 0. The number of sulfonamides is 1. The molecule has 11 heteroatoms. The van der Waals surface area contributed by atoms with Gasteiger partial charge in [-0.05, 0) is 41.7 Å². The second-order valence-corrected chi connectivity index (χ2v) is 12.7. The molecule has 0 aliphatic heterocycles. The second-order valence-electron chi connectivity index (χ2n) is 10.8. The predicted molar refractivity (Wildman–Crippen MR) is 162 cm³/mol. The number of amides is 2. The minimum absolute atomic E-state index is 0.0269. The Morgan fingerprint density at radius 2 is 1.49 bits per heavy atom. The van der Waals surface area contributed by atoms with Crippen molar-refractivity contribution in [2.45, 2.75) is 51.9 Å². The third-order valence-electron chi connectivity index (χ3n) is 6.77. The lowest BCUT2D eigenvalue weighted by Crippen LogP contribution is -2.51. The van der Waals surface area contributed by atoms with E-state index in [1.165, 1.54) is 11.0 Å². The number of halogens is 3. The van der Waals surface area contributed by atoms with Gasteiger partial charge in [0.25, 0.3) is 0 Å². The minimum atomic E-state index is -4.64. The quantitative estimate of drug-likeness (QED) is 0.253. The molecule has 0 aliphatic carbocycles. The SMILES string of the molecule is CC(C)CNC(=O)C(Cc1ccccc1)N(Cc1ccccc1)C(=O)CCCN(c1cccc(C(F)(F)F)c1)S(C)(=O)=O. The van der Waals surface area contributed by atoms with E-state index in [9.17, 15) is 31.2 Å². The standard InChI is InChI=1S/C32H38F3N3O4S/c1-24(2)22-36-31(40)29(20-25-12-6-4-7-13-25)37(23-26-14-8-5-9-15-26)30(39)18-11-19-38(43(3,41)42)28-17-10-16-27(21-28)32(33,34)35/h4-10,12-17,21,24,29H,11,18-20,22-23H2,1-3H3,(H,36,40). The van der Waals surface area contributed by atoms with Crippen LogP contribution in [0.2, 0.25) is 0 Å². The molecule has 0 spiro atoms. The summed E-state index contributed by atoms with van der Waals surface area (Å²) in [7, 11) is -3.96. The molecule has 0 heterocycles. The van der Waals surface area contributed by atoms with Gasteiger partial charge in [-0.3, -0.25) is 13.9 Å². The van der Waals surface area contributed by atoms with E-state index in [4.69, 9.17) is 0 Å². The number of benzene rings is 3. The normalized spacial score (nSPS) is 12.5. The van der Waals surface area contributed by atoms with Crippen LogP contribution >= 0.6 is 0 Å². The highest BCUT2D eigenvalue weighted by atomic mass is 32.2. The predicted octanol–water partition coefficient (Wildman–Crippen LogP) is 5.66. The van der Waals surface area contributed by atoms with Gasteiger partial charge in [-0.1, -0.05) is 80.6 Å². The molecule has 7 nitrogen and oxygen atoms in total. The molecule has 43 heavy (non-hydrogen) atoms. The Morgan fingerprint density at radius 1 is 0.884 bits per heavy atom. The maximum Gasteiger partial charge on any atom is 0.416 e. The number of carbonyl (C=O) groups excluding carboxylic acids is 2. The smallest absolute Gasteiger partial charge is 0.354 e. The molecular weight excluding hydrogens is 579 g/mol. The van der Waals surface area contributed by atoms with Crippen LogP contribution in [0.4, 0.5) is 18.9 Å². The molecule has 0 saturated carbocycles. The first kappa shape index (κ1) is 33.6. The molecule has 1 atom stereocenters. The molecule has 3 aromatic rings. The van der Waals surface area contributed by atoms with Gasteiger partial charge in [-0.2, -0.15) is 13.2 Å². The zero-order chi connectivity index (χ0) is 31.6. The molecule has 0 aliphatic rings. The molecule has 1 N–H and O–H groups in total. The number of carbonyl (C=O) groups is 2. The molecule has 0 radical (unpaired) electrons. The fourth-order valence-electron chi connectivity index (χ4n) is 4.60. The number of hydrogen-bond acceptors (Lipinski definition) is 4. The summed E-state index contributed by atoms with van der Waals surface area (Å²) < 4.78 is 65.9. The Labute approximate surface area is 251 Å². The zero-order valence-electron chi connectivity index (χ0n) is 24.5. The number of anilines is 1. The fraction of sp³-hybridized carbons (Fsp3) is 0.375. The largest absolute Gasteiger partial charge is 0.416 e. The van der Waals surface area contributed by atoms with Gasteiger partial charge in [0.1, 0.15) is 6.04 Å². The van der Waals surface area contributed by atoms with Gasteiger partial charge in [0.15, 0.2) is 0 Å². The summed E-state index contributed by atoms with van der Waals surface area (Å²) in [6.45, 7) is 4.30. The molecule has 3 rings (SSSR count). The van der Waals surface area contributed by atoms with Crippen LogP contribution in [0.5, 0.6) is 0 Å². The van der Waals surface area contributed by atoms with E-state index in [2.05, 4.69) is 5.32 Å². The van der Waals surface area contributed by atoms with Crippen molar-refractivity contribution in [2.75, 3.05) is 23.7 Å². The average Bonchev–Trinajstić information content (AvgIpc) is 2.95. The lowest BCUT2D eigenvalue weighted by Gasteiger charge is -2.32. The number of rotatable bonds is 14. The maximum atomic E-state index is 13.8.